The molecule has 25 heavy (non-hydrogen) atoms. The summed E-state index contributed by atoms with van der Waals surface area (Å²) in [5.74, 6) is 0.0642. The molecule has 1 amide bonds. The first-order chi connectivity index (χ1) is 12.2. The monoisotopic (exact) mass is 335 g/mol. The second-order valence-corrected chi connectivity index (χ2v) is 6.41. The van der Waals surface area contributed by atoms with Crippen LogP contribution in [0.2, 0.25) is 0 Å². The van der Waals surface area contributed by atoms with Crippen LogP contribution < -0.4 is 0 Å². The fourth-order valence-corrected chi connectivity index (χ4v) is 3.52. The normalized spacial score (nSPS) is 17.2. The zero-order chi connectivity index (χ0) is 17.2. The van der Waals surface area contributed by atoms with E-state index < -0.39 is 0 Å². The van der Waals surface area contributed by atoms with Crippen molar-refractivity contribution in [3.05, 3.63) is 66.2 Å². The summed E-state index contributed by atoms with van der Waals surface area (Å²) in [6.45, 7) is 3.48. The van der Waals surface area contributed by atoms with Gasteiger partial charge < -0.3 is 4.90 Å². The van der Waals surface area contributed by atoms with Crippen LogP contribution in [0.3, 0.4) is 0 Å². The fourth-order valence-electron chi connectivity index (χ4n) is 3.52. The van der Waals surface area contributed by atoms with E-state index >= 15 is 0 Å². The molecule has 1 aromatic carbocycles. The molecule has 1 saturated heterocycles. The minimum absolute atomic E-state index is 0.0642. The van der Waals surface area contributed by atoms with Gasteiger partial charge in [-0.05, 0) is 38.0 Å². The summed E-state index contributed by atoms with van der Waals surface area (Å²) in [7, 11) is 0. The number of hydrogen-bond acceptors (Lipinski definition) is 3. The SMILES string of the molecule is Cc1c(C(=O)N2CCC[C@@H]2Cn2cccn2)cnn1-c1ccccc1. The Labute approximate surface area is 146 Å². The summed E-state index contributed by atoms with van der Waals surface area (Å²) >= 11 is 0. The smallest absolute Gasteiger partial charge is 0.257 e. The van der Waals surface area contributed by atoms with Gasteiger partial charge in [0.1, 0.15) is 0 Å². The molecule has 6 heteroatoms. The first kappa shape index (κ1) is 15.6. The van der Waals surface area contributed by atoms with E-state index in [-0.39, 0.29) is 11.9 Å². The van der Waals surface area contributed by atoms with E-state index in [0.29, 0.717) is 5.56 Å². The van der Waals surface area contributed by atoms with E-state index in [4.69, 9.17) is 0 Å². The number of nitrogens with zero attached hydrogens (tertiary/aromatic N) is 5. The molecule has 1 aliphatic rings. The average Bonchev–Trinajstić information content (AvgIpc) is 3.37. The standard InChI is InChI=1S/C19H21N5O/c1-15-18(13-21-24(15)16-7-3-2-4-8-16)19(25)23-12-5-9-17(23)14-22-11-6-10-20-22/h2-4,6-8,10-11,13,17H,5,9,12,14H2,1H3/t17-/m1/s1. The molecular formula is C19H21N5O. The van der Waals surface area contributed by atoms with Crippen molar-refractivity contribution in [2.45, 2.75) is 32.4 Å². The minimum atomic E-state index is 0.0642. The molecule has 1 fully saturated rings. The maximum atomic E-state index is 13.1. The molecule has 6 nitrogen and oxygen atoms in total. The Hall–Kier alpha value is -2.89. The Bertz CT molecular complexity index is 853. The van der Waals surface area contributed by atoms with Gasteiger partial charge >= 0.3 is 0 Å². The molecule has 0 bridgehead atoms. The Morgan fingerprint density at radius 2 is 2.04 bits per heavy atom. The summed E-state index contributed by atoms with van der Waals surface area (Å²) in [5.41, 5.74) is 2.52. The van der Waals surface area contributed by atoms with Gasteiger partial charge in [-0.3, -0.25) is 9.48 Å². The lowest BCUT2D eigenvalue weighted by Crippen LogP contribution is -2.38. The van der Waals surface area contributed by atoms with Crippen LogP contribution in [0.5, 0.6) is 0 Å². The number of carbonyl (C=O) groups is 1. The predicted molar refractivity (Wildman–Crippen MR) is 94.6 cm³/mol. The third-order valence-electron chi connectivity index (χ3n) is 4.84. The molecule has 0 aliphatic carbocycles. The summed E-state index contributed by atoms with van der Waals surface area (Å²) in [5, 5.41) is 8.70. The van der Waals surface area contributed by atoms with Crippen molar-refractivity contribution in [3.63, 3.8) is 0 Å². The summed E-state index contributed by atoms with van der Waals surface area (Å²) in [6, 6.07) is 12.0. The molecule has 0 unspecified atom stereocenters. The van der Waals surface area contributed by atoms with Gasteiger partial charge in [-0.25, -0.2) is 4.68 Å². The molecule has 1 atom stereocenters. The Kier molecular flexibility index (Phi) is 4.09. The van der Waals surface area contributed by atoms with Crippen LogP contribution in [0.25, 0.3) is 5.69 Å². The van der Waals surface area contributed by atoms with Gasteiger partial charge in [0, 0.05) is 18.9 Å². The number of carbonyl (C=O) groups excluding carboxylic acids is 1. The highest BCUT2D eigenvalue weighted by molar-refractivity contribution is 5.95. The number of benzene rings is 1. The molecule has 1 aliphatic heterocycles. The van der Waals surface area contributed by atoms with Crippen molar-refractivity contribution in [2.24, 2.45) is 0 Å². The number of likely N-dealkylation sites (tertiary alicyclic amines) is 1. The van der Waals surface area contributed by atoms with Crippen LogP contribution in [0, 0.1) is 6.92 Å². The van der Waals surface area contributed by atoms with E-state index in [1.807, 2.05) is 63.8 Å². The Morgan fingerprint density at radius 1 is 1.20 bits per heavy atom. The lowest BCUT2D eigenvalue weighted by Gasteiger charge is -2.24. The molecular weight excluding hydrogens is 314 g/mol. The third-order valence-corrected chi connectivity index (χ3v) is 4.84. The Morgan fingerprint density at radius 3 is 2.80 bits per heavy atom. The van der Waals surface area contributed by atoms with Gasteiger partial charge in [0.15, 0.2) is 0 Å². The van der Waals surface area contributed by atoms with Crippen LogP contribution in [0.4, 0.5) is 0 Å². The number of rotatable bonds is 4. The second kappa shape index (κ2) is 6.55. The number of aromatic nitrogens is 4. The first-order valence-electron chi connectivity index (χ1n) is 8.62. The van der Waals surface area contributed by atoms with Crippen molar-refractivity contribution < 1.29 is 4.79 Å². The van der Waals surface area contributed by atoms with Crippen molar-refractivity contribution in [2.75, 3.05) is 6.54 Å². The van der Waals surface area contributed by atoms with E-state index in [1.54, 1.807) is 12.4 Å². The van der Waals surface area contributed by atoms with Crippen LogP contribution >= 0.6 is 0 Å². The minimum Gasteiger partial charge on any atom is -0.334 e. The molecule has 3 heterocycles. The van der Waals surface area contributed by atoms with Crippen LogP contribution in [-0.4, -0.2) is 43.0 Å². The molecule has 0 saturated carbocycles. The molecule has 2 aromatic heterocycles. The highest BCUT2D eigenvalue weighted by Crippen LogP contribution is 2.23. The van der Waals surface area contributed by atoms with Gasteiger partial charge in [-0.2, -0.15) is 10.2 Å². The third kappa shape index (κ3) is 2.95. The highest BCUT2D eigenvalue weighted by atomic mass is 16.2. The van der Waals surface area contributed by atoms with Crippen molar-refractivity contribution in [3.8, 4) is 5.69 Å². The molecule has 3 aromatic rings. The first-order valence-corrected chi connectivity index (χ1v) is 8.62. The summed E-state index contributed by atoms with van der Waals surface area (Å²) in [6.07, 6.45) is 7.45. The van der Waals surface area contributed by atoms with Crippen LogP contribution in [0.15, 0.2) is 55.0 Å². The topological polar surface area (TPSA) is 56.0 Å². The van der Waals surface area contributed by atoms with Gasteiger partial charge in [0.25, 0.3) is 5.91 Å². The van der Waals surface area contributed by atoms with E-state index in [1.165, 1.54) is 0 Å². The van der Waals surface area contributed by atoms with Gasteiger partial charge in [0.2, 0.25) is 0 Å². The lowest BCUT2D eigenvalue weighted by molar-refractivity contribution is 0.0721. The number of para-hydroxylation sites is 1. The average molecular weight is 335 g/mol. The molecule has 128 valence electrons. The maximum Gasteiger partial charge on any atom is 0.257 e. The Balaban J connectivity index is 1.57. The molecule has 0 radical (unpaired) electrons. The number of hydrogen-bond donors (Lipinski definition) is 0. The molecule has 0 N–H and O–H groups in total. The highest BCUT2D eigenvalue weighted by Gasteiger charge is 2.31. The van der Waals surface area contributed by atoms with Crippen LogP contribution in [0.1, 0.15) is 28.9 Å². The fraction of sp³-hybridized carbons (Fsp3) is 0.316. The molecule has 4 rings (SSSR count). The van der Waals surface area contributed by atoms with Gasteiger partial charge in [0.05, 0.1) is 35.7 Å². The van der Waals surface area contributed by atoms with Crippen molar-refractivity contribution in [1.82, 2.24) is 24.5 Å². The van der Waals surface area contributed by atoms with Crippen molar-refractivity contribution in [1.29, 1.82) is 0 Å². The quantitative estimate of drug-likeness (QED) is 0.736. The van der Waals surface area contributed by atoms with Crippen LogP contribution in [-0.2, 0) is 6.54 Å². The number of amides is 1. The second-order valence-electron chi connectivity index (χ2n) is 6.41. The maximum absolute atomic E-state index is 13.1. The van der Waals surface area contributed by atoms with E-state index in [2.05, 4.69) is 10.2 Å². The summed E-state index contributed by atoms with van der Waals surface area (Å²) in [4.78, 5) is 15.1. The van der Waals surface area contributed by atoms with E-state index in [9.17, 15) is 4.79 Å². The van der Waals surface area contributed by atoms with Gasteiger partial charge in [-0.1, -0.05) is 18.2 Å². The zero-order valence-corrected chi connectivity index (χ0v) is 14.2. The lowest BCUT2D eigenvalue weighted by atomic mass is 10.2. The van der Waals surface area contributed by atoms with Gasteiger partial charge in [-0.15, -0.1) is 0 Å². The largest absolute Gasteiger partial charge is 0.334 e. The zero-order valence-electron chi connectivity index (χ0n) is 14.2. The molecule has 0 spiro atoms. The van der Waals surface area contributed by atoms with E-state index in [0.717, 1.165) is 37.3 Å². The van der Waals surface area contributed by atoms with Crippen molar-refractivity contribution >= 4 is 5.91 Å². The summed E-state index contributed by atoms with van der Waals surface area (Å²) < 4.78 is 3.72. The predicted octanol–water partition coefficient (Wildman–Crippen LogP) is 2.68.